The molecule has 1 aromatic rings. The Morgan fingerprint density at radius 2 is 2.22 bits per heavy atom. The molecule has 0 aliphatic heterocycles. The van der Waals surface area contributed by atoms with Crippen LogP contribution < -0.4 is 11.1 Å². The van der Waals surface area contributed by atoms with Gasteiger partial charge in [0.2, 0.25) is 5.91 Å². The summed E-state index contributed by atoms with van der Waals surface area (Å²) in [7, 11) is 1.69. The number of nitrogens with zero attached hydrogens (tertiary/aromatic N) is 2. The van der Waals surface area contributed by atoms with Gasteiger partial charge in [0.25, 0.3) is 5.91 Å². The highest BCUT2D eigenvalue weighted by molar-refractivity contribution is 5.94. The van der Waals surface area contributed by atoms with Crippen LogP contribution in [0.2, 0.25) is 0 Å². The molecule has 0 saturated heterocycles. The zero-order chi connectivity index (χ0) is 13.7. The number of nitrogens with two attached hydrogens (primary N) is 1. The van der Waals surface area contributed by atoms with Crippen LogP contribution in [0.25, 0.3) is 0 Å². The van der Waals surface area contributed by atoms with Crippen LogP contribution in [-0.4, -0.2) is 38.5 Å². The Hall–Kier alpha value is -2.38. The number of carboxylic acids is 1. The van der Waals surface area contributed by atoms with Crippen LogP contribution in [0.15, 0.2) is 12.5 Å². The van der Waals surface area contributed by atoms with Crippen molar-refractivity contribution in [2.75, 3.05) is 0 Å². The number of amides is 2. The van der Waals surface area contributed by atoms with E-state index < -0.39 is 23.8 Å². The third kappa shape index (κ3) is 3.89. The van der Waals surface area contributed by atoms with Gasteiger partial charge >= 0.3 is 5.97 Å². The molecule has 0 aliphatic carbocycles. The molecule has 8 nitrogen and oxygen atoms in total. The van der Waals surface area contributed by atoms with Crippen molar-refractivity contribution < 1.29 is 19.5 Å². The van der Waals surface area contributed by atoms with Gasteiger partial charge in [0.15, 0.2) is 0 Å². The summed E-state index contributed by atoms with van der Waals surface area (Å²) in [6.07, 6.45) is 2.72. The van der Waals surface area contributed by atoms with Gasteiger partial charge in [-0.15, -0.1) is 0 Å². The van der Waals surface area contributed by atoms with Gasteiger partial charge in [-0.05, 0) is 6.42 Å². The van der Waals surface area contributed by atoms with Crippen LogP contribution in [0.1, 0.15) is 23.3 Å². The van der Waals surface area contributed by atoms with E-state index in [2.05, 4.69) is 10.3 Å². The van der Waals surface area contributed by atoms with Crippen LogP contribution >= 0.6 is 0 Å². The number of rotatable bonds is 6. The number of aromatic nitrogens is 2. The standard InChI is InChI=1S/C10H14N4O4/c1-14-4-7(12-5-14)9(16)13-6(10(17)18)2-3-8(11)15/h4-6H,2-3H2,1H3,(H2,11,15)(H,13,16)(H,17,18)/t6-/m1/s1. The summed E-state index contributed by atoms with van der Waals surface area (Å²) in [5.41, 5.74) is 5.04. The molecule has 98 valence electrons. The van der Waals surface area contributed by atoms with Gasteiger partial charge in [-0.25, -0.2) is 9.78 Å². The van der Waals surface area contributed by atoms with Gasteiger partial charge in [0.1, 0.15) is 11.7 Å². The normalized spacial score (nSPS) is 11.8. The topological polar surface area (TPSA) is 127 Å². The second-order valence-electron chi connectivity index (χ2n) is 3.79. The lowest BCUT2D eigenvalue weighted by molar-refractivity contribution is -0.139. The lowest BCUT2D eigenvalue weighted by Crippen LogP contribution is -2.41. The maximum Gasteiger partial charge on any atom is 0.326 e. The molecule has 1 heterocycles. The number of primary amides is 1. The molecule has 2 amide bonds. The molecular weight excluding hydrogens is 240 g/mol. The first-order chi connectivity index (χ1) is 8.40. The molecule has 0 bridgehead atoms. The summed E-state index contributed by atoms with van der Waals surface area (Å²) >= 11 is 0. The Balaban J connectivity index is 2.63. The maximum absolute atomic E-state index is 11.7. The van der Waals surface area contributed by atoms with E-state index in [-0.39, 0.29) is 18.5 Å². The van der Waals surface area contributed by atoms with E-state index >= 15 is 0 Å². The van der Waals surface area contributed by atoms with Crippen LogP contribution in [0.5, 0.6) is 0 Å². The number of aliphatic carboxylic acids is 1. The van der Waals surface area contributed by atoms with Gasteiger partial charge < -0.3 is 20.7 Å². The molecule has 1 rings (SSSR count). The van der Waals surface area contributed by atoms with E-state index in [0.29, 0.717) is 0 Å². The third-order valence-corrected chi connectivity index (χ3v) is 2.22. The fourth-order valence-electron chi connectivity index (χ4n) is 1.31. The molecule has 18 heavy (non-hydrogen) atoms. The van der Waals surface area contributed by atoms with E-state index in [4.69, 9.17) is 10.8 Å². The summed E-state index contributed by atoms with van der Waals surface area (Å²) in [5.74, 6) is -2.44. The van der Waals surface area contributed by atoms with Crippen molar-refractivity contribution >= 4 is 17.8 Å². The molecule has 0 spiro atoms. The van der Waals surface area contributed by atoms with Crippen molar-refractivity contribution in [3.8, 4) is 0 Å². The number of imidazole rings is 1. The van der Waals surface area contributed by atoms with E-state index in [1.54, 1.807) is 11.6 Å². The number of hydrogen-bond acceptors (Lipinski definition) is 4. The molecule has 1 atom stereocenters. The zero-order valence-electron chi connectivity index (χ0n) is 9.79. The Bertz CT molecular complexity index is 468. The average molecular weight is 254 g/mol. The van der Waals surface area contributed by atoms with E-state index in [9.17, 15) is 14.4 Å². The van der Waals surface area contributed by atoms with Crippen LogP contribution in [0, 0.1) is 0 Å². The zero-order valence-corrected chi connectivity index (χ0v) is 9.79. The lowest BCUT2D eigenvalue weighted by atomic mass is 10.1. The third-order valence-electron chi connectivity index (χ3n) is 2.22. The van der Waals surface area contributed by atoms with E-state index in [1.165, 1.54) is 12.5 Å². The van der Waals surface area contributed by atoms with Gasteiger partial charge in [0.05, 0.1) is 6.33 Å². The first-order valence-corrected chi connectivity index (χ1v) is 5.20. The number of nitrogens with one attached hydrogen (secondary N) is 1. The van der Waals surface area contributed by atoms with Gasteiger partial charge in [-0.1, -0.05) is 0 Å². The maximum atomic E-state index is 11.7. The van der Waals surface area contributed by atoms with Crippen molar-refractivity contribution in [1.82, 2.24) is 14.9 Å². The molecule has 0 saturated carbocycles. The lowest BCUT2D eigenvalue weighted by Gasteiger charge is -2.12. The van der Waals surface area contributed by atoms with Crippen molar-refractivity contribution in [3.63, 3.8) is 0 Å². The second kappa shape index (κ2) is 5.80. The minimum Gasteiger partial charge on any atom is -0.480 e. The summed E-state index contributed by atoms with van der Waals surface area (Å²) < 4.78 is 1.56. The predicted octanol–water partition coefficient (Wildman–Crippen LogP) is -1.13. The molecule has 0 aliphatic rings. The van der Waals surface area contributed by atoms with E-state index in [0.717, 1.165) is 0 Å². The number of aryl methyl sites for hydroxylation is 1. The quantitative estimate of drug-likeness (QED) is 0.591. The van der Waals surface area contributed by atoms with Gasteiger partial charge in [-0.2, -0.15) is 0 Å². The predicted molar refractivity (Wildman–Crippen MR) is 60.5 cm³/mol. The number of hydrogen-bond donors (Lipinski definition) is 3. The fourth-order valence-corrected chi connectivity index (χ4v) is 1.31. The smallest absolute Gasteiger partial charge is 0.326 e. The highest BCUT2D eigenvalue weighted by atomic mass is 16.4. The minimum atomic E-state index is -1.22. The summed E-state index contributed by atoms with van der Waals surface area (Å²) in [4.78, 5) is 36.9. The Morgan fingerprint density at radius 3 is 2.67 bits per heavy atom. The molecule has 8 heteroatoms. The summed E-state index contributed by atoms with van der Waals surface area (Å²) in [6, 6.07) is -1.16. The molecular formula is C10H14N4O4. The van der Waals surface area contributed by atoms with Crippen molar-refractivity contribution in [2.24, 2.45) is 12.8 Å². The Kier molecular flexibility index (Phi) is 4.41. The molecule has 1 aromatic heterocycles. The van der Waals surface area contributed by atoms with Gasteiger partial charge in [0, 0.05) is 19.7 Å². The molecule has 0 aromatic carbocycles. The Morgan fingerprint density at radius 1 is 1.56 bits per heavy atom. The molecule has 0 radical (unpaired) electrons. The summed E-state index contributed by atoms with van der Waals surface area (Å²) in [5, 5.41) is 11.2. The molecule has 0 fully saturated rings. The number of carboxylic acid groups (broad SMARTS) is 1. The van der Waals surface area contributed by atoms with E-state index in [1.807, 2.05) is 0 Å². The SMILES string of the molecule is Cn1cnc(C(=O)N[C@H](CCC(N)=O)C(=O)O)c1. The number of carbonyl (C=O) groups excluding carboxylic acids is 2. The van der Waals surface area contributed by atoms with Crippen molar-refractivity contribution in [3.05, 3.63) is 18.2 Å². The van der Waals surface area contributed by atoms with Crippen molar-refractivity contribution in [2.45, 2.75) is 18.9 Å². The van der Waals surface area contributed by atoms with Crippen LogP contribution in [-0.2, 0) is 16.6 Å². The molecule has 0 unspecified atom stereocenters. The second-order valence-corrected chi connectivity index (χ2v) is 3.79. The average Bonchev–Trinajstić information content (AvgIpc) is 2.70. The summed E-state index contributed by atoms with van der Waals surface area (Å²) in [6.45, 7) is 0. The van der Waals surface area contributed by atoms with Crippen LogP contribution in [0.3, 0.4) is 0 Å². The Labute approximate surface area is 103 Å². The first kappa shape index (κ1) is 13.7. The first-order valence-electron chi connectivity index (χ1n) is 5.20. The highest BCUT2D eigenvalue weighted by Crippen LogP contribution is 2.00. The number of carbonyl (C=O) groups is 3. The molecule has 4 N–H and O–H groups in total. The fraction of sp³-hybridized carbons (Fsp3) is 0.400. The monoisotopic (exact) mass is 254 g/mol. The van der Waals surface area contributed by atoms with Crippen molar-refractivity contribution in [1.29, 1.82) is 0 Å². The minimum absolute atomic E-state index is 0.0523. The largest absolute Gasteiger partial charge is 0.480 e. The van der Waals surface area contributed by atoms with Crippen LogP contribution in [0.4, 0.5) is 0 Å². The van der Waals surface area contributed by atoms with Gasteiger partial charge in [-0.3, -0.25) is 9.59 Å². The highest BCUT2D eigenvalue weighted by Gasteiger charge is 2.22.